The van der Waals surface area contributed by atoms with Crippen LogP contribution in [0.5, 0.6) is 5.75 Å². The van der Waals surface area contributed by atoms with Gasteiger partial charge in [0.25, 0.3) is 0 Å². The first-order valence-corrected chi connectivity index (χ1v) is 5.52. The van der Waals surface area contributed by atoms with Gasteiger partial charge in [-0.1, -0.05) is 23.2 Å². The number of likely N-dealkylation sites (N-methyl/N-ethyl adjacent to an activating group) is 1. The summed E-state index contributed by atoms with van der Waals surface area (Å²) in [5.41, 5.74) is 0.269. The molecule has 17 heavy (non-hydrogen) atoms. The maximum atomic E-state index is 10.7. The molecular formula is C11H14Cl3NO2. The molecule has 6 heteroatoms. The Morgan fingerprint density at radius 2 is 2.00 bits per heavy atom. The summed E-state index contributed by atoms with van der Waals surface area (Å²) in [6.45, 7) is 1.28. The van der Waals surface area contributed by atoms with Gasteiger partial charge in [-0.15, -0.1) is 12.4 Å². The van der Waals surface area contributed by atoms with Crippen molar-refractivity contribution in [1.82, 2.24) is 4.90 Å². The van der Waals surface area contributed by atoms with Crippen molar-refractivity contribution in [3.05, 3.63) is 27.7 Å². The van der Waals surface area contributed by atoms with Crippen molar-refractivity contribution >= 4 is 41.9 Å². The molecule has 0 radical (unpaired) electrons. The standard InChI is InChI=1S/C11H13Cl2NO2.ClH/c1-14(2)5-6-16-10-4-3-9(12)8(7-15)11(10)13;/h3-4,7H,5-6H2,1-2H3;1H. The highest BCUT2D eigenvalue weighted by atomic mass is 35.5. The van der Waals surface area contributed by atoms with Gasteiger partial charge in [0, 0.05) is 6.54 Å². The summed E-state index contributed by atoms with van der Waals surface area (Å²) in [6.07, 6.45) is 0.628. The molecule has 0 aliphatic rings. The molecular weight excluding hydrogens is 284 g/mol. The van der Waals surface area contributed by atoms with Crippen LogP contribution in [0.25, 0.3) is 0 Å². The second-order valence-electron chi connectivity index (χ2n) is 3.54. The van der Waals surface area contributed by atoms with Crippen molar-refractivity contribution in [2.24, 2.45) is 0 Å². The number of nitrogens with zero attached hydrogens (tertiary/aromatic N) is 1. The summed E-state index contributed by atoms with van der Waals surface area (Å²) in [5.74, 6) is 0.481. The zero-order valence-corrected chi connectivity index (χ0v) is 11.9. The lowest BCUT2D eigenvalue weighted by Gasteiger charge is -2.13. The molecule has 0 bridgehead atoms. The Morgan fingerprint density at radius 1 is 1.35 bits per heavy atom. The first-order valence-electron chi connectivity index (χ1n) is 4.77. The van der Waals surface area contributed by atoms with Crippen molar-refractivity contribution in [1.29, 1.82) is 0 Å². The predicted molar refractivity (Wildman–Crippen MR) is 73.1 cm³/mol. The zero-order chi connectivity index (χ0) is 12.1. The molecule has 96 valence electrons. The van der Waals surface area contributed by atoms with E-state index < -0.39 is 0 Å². The molecule has 1 aromatic carbocycles. The van der Waals surface area contributed by atoms with Gasteiger partial charge in [0.15, 0.2) is 6.29 Å². The summed E-state index contributed by atoms with van der Waals surface area (Å²) < 4.78 is 5.45. The Morgan fingerprint density at radius 3 is 2.53 bits per heavy atom. The van der Waals surface area contributed by atoms with Crippen LogP contribution in [0.3, 0.4) is 0 Å². The van der Waals surface area contributed by atoms with Gasteiger partial charge in [0.05, 0.1) is 15.6 Å². The van der Waals surface area contributed by atoms with Crippen LogP contribution in [0.15, 0.2) is 12.1 Å². The van der Waals surface area contributed by atoms with Crippen LogP contribution in [-0.4, -0.2) is 38.4 Å². The van der Waals surface area contributed by atoms with E-state index >= 15 is 0 Å². The summed E-state index contributed by atoms with van der Waals surface area (Å²) in [4.78, 5) is 12.7. The molecule has 0 amide bonds. The van der Waals surface area contributed by atoms with Gasteiger partial charge in [-0.05, 0) is 26.2 Å². The molecule has 0 saturated heterocycles. The van der Waals surface area contributed by atoms with E-state index in [2.05, 4.69) is 0 Å². The second-order valence-corrected chi connectivity index (χ2v) is 4.33. The number of ether oxygens (including phenoxy) is 1. The van der Waals surface area contributed by atoms with Gasteiger partial charge >= 0.3 is 0 Å². The van der Waals surface area contributed by atoms with Crippen LogP contribution < -0.4 is 4.74 Å². The molecule has 0 unspecified atom stereocenters. The highest BCUT2D eigenvalue weighted by molar-refractivity contribution is 6.39. The van der Waals surface area contributed by atoms with E-state index in [9.17, 15) is 4.79 Å². The molecule has 0 saturated carbocycles. The Kier molecular flexibility index (Phi) is 7.55. The number of carbonyl (C=O) groups is 1. The number of benzene rings is 1. The molecule has 0 heterocycles. The third-order valence-corrected chi connectivity index (χ3v) is 2.72. The highest BCUT2D eigenvalue weighted by Crippen LogP contribution is 2.32. The third kappa shape index (κ3) is 4.72. The van der Waals surface area contributed by atoms with Crippen LogP contribution in [0, 0.1) is 0 Å². The molecule has 1 rings (SSSR count). The Hall–Kier alpha value is -0.480. The number of rotatable bonds is 5. The number of halogens is 3. The van der Waals surface area contributed by atoms with E-state index in [1.54, 1.807) is 12.1 Å². The molecule has 0 spiro atoms. The summed E-state index contributed by atoms with van der Waals surface area (Å²) in [6, 6.07) is 3.26. The Balaban J connectivity index is 0.00000256. The number of hydrogen-bond acceptors (Lipinski definition) is 3. The normalized spacial score (nSPS) is 9.94. The van der Waals surface area contributed by atoms with Crippen molar-refractivity contribution in [2.75, 3.05) is 27.2 Å². The van der Waals surface area contributed by atoms with Crippen LogP contribution >= 0.6 is 35.6 Å². The monoisotopic (exact) mass is 297 g/mol. The smallest absolute Gasteiger partial charge is 0.153 e. The number of hydrogen-bond donors (Lipinski definition) is 0. The van der Waals surface area contributed by atoms with E-state index in [4.69, 9.17) is 27.9 Å². The minimum atomic E-state index is 0. The summed E-state index contributed by atoms with van der Waals surface area (Å²) in [7, 11) is 3.90. The van der Waals surface area contributed by atoms with Crippen molar-refractivity contribution in [3.63, 3.8) is 0 Å². The van der Waals surface area contributed by atoms with Crippen molar-refractivity contribution in [2.45, 2.75) is 0 Å². The quantitative estimate of drug-likeness (QED) is 0.782. The largest absolute Gasteiger partial charge is 0.491 e. The second kappa shape index (κ2) is 7.77. The SMILES string of the molecule is CN(C)CCOc1ccc(Cl)c(C=O)c1Cl.Cl. The predicted octanol–water partition coefficient (Wildman–Crippen LogP) is 3.17. The minimum absolute atomic E-state index is 0. The fourth-order valence-corrected chi connectivity index (χ4v) is 1.62. The lowest BCUT2D eigenvalue weighted by Crippen LogP contribution is -2.19. The lowest BCUT2D eigenvalue weighted by molar-refractivity contribution is 0.112. The van der Waals surface area contributed by atoms with E-state index in [-0.39, 0.29) is 23.0 Å². The molecule has 0 N–H and O–H groups in total. The highest BCUT2D eigenvalue weighted by Gasteiger charge is 2.10. The maximum Gasteiger partial charge on any atom is 0.153 e. The van der Waals surface area contributed by atoms with Crippen molar-refractivity contribution in [3.8, 4) is 5.75 Å². The zero-order valence-electron chi connectivity index (χ0n) is 9.57. The molecule has 3 nitrogen and oxygen atoms in total. The molecule has 0 atom stereocenters. The summed E-state index contributed by atoms with van der Waals surface area (Å²) >= 11 is 11.8. The first kappa shape index (κ1) is 16.5. The van der Waals surface area contributed by atoms with Gasteiger partial charge in [0.1, 0.15) is 12.4 Å². The maximum absolute atomic E-state index is 10.7. The van der Waals surface area contributed by atoms with Gasteiger partial charge in [-0.2, -0.15) is 0 Å². The number of aldehydes is 1. The fourth-order valence-electron chi connectivity index (χ4n) is 1.11. The molecule has 0 aliphatic heterocycles. The number of carbonyl (C=O) groups excluding carboxylic acids is 1. The van der Waals surface area contributed by atoms with Gasteiger partial charge in [0.2, 0.25) is 0 Å². The van der Waals surface area contributed by atoms with Crippen LogP contribution in [0.2, 0.25) is 10.0 Å². The van der Waals surface area contributed by atoms with Gasteiger partial charge in [-0.25, -0.2) is 0 Å². The Labute approximate surface area is 117 Å². The van der Waals surface area contributed by atoms with Crippen LogP contribution in [0.1, 0.15) is 10.4 Å². The average Bonchev–Trinajstić information content (AvgIpc) is 2.22. The minimum Gasteiger partial charge on any atom is -0.491 e. The topological polar surface area (TPSA) is 29.5 Å². The van der Waals surface area contributed by atoms with Crippen molar-refractivity contribution < 1.29 is 9.53 Å². The van der Waals surface area contributed by atoms with E-state index in [0.717, 1.165) is 6.54 Å². The third-order valence-electron chi connectivity index (χ3n) is 2.01. The Bertz CT molecular complexity index is 383. The van der Waals surface area contributed by atoms with Crippen LogP contribution in [-0.2, 0) is 0 Å². The van der Waals surface area contributed by atoms with E-state index in [1.807, 2.05) is 19.0 Å². The fraction of sp³-hybridized carbons (Fsp3) is 0.364. The lowest BCUT2D eigenvalue weighted by atomic mass is 10.2. The molecule has 0 aromatic heterocycles. The molecule has 0 aliphatic carbocycles. The summed E-state index contributed by atoms with van der Waals surface area (Å²) in [5, 5.41) is 0.598. The van der Waals surface area contributed by atoms with Gasteiger partial charge < -0.3 is 9.64 Å². The average molecular weight is 299 g/mol. The molecule has 1 aromatic rings. The first-order chi connectivity index (χ1) is 7.56. The van der Waals surface area contributed by atoms with Gasteiger partial charge in [-0.3, -0.25) is 4.79 Å². The van der Waals surface area contributed by atoms with E-state index in [1.165, 1.54) is 0 Å². The van der Waals surface area contributed by atoms with Crippen LogP contribution in [0.4, 0.5) is 0 Å². The molecule has 0 fully saturated rings. The van der Waals surface area contributed by atoms with E-state index in [0.29, 0.717) is 23.7 Å².